The van der Waals surface area contributed by atoms with Gasteiger partial charge in [-0.2, -0.15) is 0 Å². The molecule has 0 radical (unpaired) electrons. The molecule has 0 heterocycles. The second-order valence-corrected chi connectivity index (χ2v) is 4.33. The summed E-state index contributed by atoms with van der Waals surface area (Å²) in [6.45, 7) is 4.64. The zero-order valence-corrected chi connectivity index (χ0v) is 10.6. The minimum atomic E-state index is -0.135. The molecule has 0 aliphatic carbocycles. The molecule has 4 heteroatoms. The van der Waals surface area contributed by atoms with Gasteiger partial charge in [0.05, 0.1) is 13.0 Å². The van der Waals surface area contributed by atoms with E-state index in [1.165, 1.54) is 12.6 Å². The summed E-state index contributed by atoms with van der Waals surface area (Å²) in [7, 11) is 1.53. The van der Waals surface area contributed by atoms with Crippen molar-refractivity contribution in [2.24, 2.45) is 5.84 Å². The van der Waals surface area contributed by atoms with E-state index in [1.54, 1.807) is 0 Å². The SMILES string of the molecule is CC(C)c1ccc(OCCC(=O)N(C)N)cc1. The van der Waals surface area contributed by atoms with E-state index in [4.69, 9.17) is 10.6 Å². The van der Waals surface area contributed by atoms with E-state index in [9.17, 15) is 4.79 Å². The molecular formula is C13H20N2O2. The Morgan fingerprint density at radius 1 is 1.35 bits per heavy atom. The molecule has 0 atom stereocenters. The summed E-state index contributed by atoms with van der Waals surface area (Å²) in [5, 5.41) is 1.07. The van der Waals surface area contributed by atoms with Crippen molar-refractivity contribution in [3.63, 3.8) is 0 Å². The third-order valence-electron chi connectivity index (χ3n) is 2.52. The number of carbonyl (C=O) groups excluding carboxylic acids is 1. The summed E-state index contributed by atoms with van der Waals surface area (Å²) in [5.41, 5.74) is 1.27. The fourth-order valence-electron chi connectivity index (χ4n) is 1.38. The summed E-state index contributed by atoms with van der Waals surface area (Å²) in [5.74, 6) is 6.45. The van der Waals surface area contributed by atoms with Gasteiger partial charge in [-0.15, -0.1) is 0 Å². The van der Waals surface area contributed by atoms with Gasteiger partial charge in [0.2, 0.25) is 5.91 Å². The van der Waals surface area contributed by atoms with Crippen LogP contribution < -0.4 is 10.6 Å². The average molecular weight is 236 g/mol. The molecule has 1 aromatic carbocycles. The van der Waals surface area contributed by atoms with Crippen molar-refractivity contribution >= 4 is 5.91 Å². The normalized spacial score (nSPS) is 10.4. The highest BCUT2D eigenvalue weighted by Crippen LogP contribution is 2.18. The Labute approximate surface area is 102 Å². The average Bonchev–Trinajstić information content (AvgIpc) is 2.29. The lowest BCUT2D eigenvalue weighted by Crippen LogP contribution is -2.33. The number of hydrazine groups is 1. The molecule has 0 saturated carbocycles. The molecule has 0 spiro atoms. The minimum Gasteiger partial charge on any atom is -0.493 e. The van der Waals surface area contributed by atoms with Crippen molar-refractivity contribution < 1.29 is 9.53 Å². The predicted molar refractivity (Wildman–Crippen MR) is 67.6 cm³/mol. The second-order valence-electron chi connectivity index (χ2n) is 4.33. The molecule has 0 aliphatic heterocycles. The number of carbonyl (C=O) groups is 1. The van der Waals surface area contributed by atoms with E-state index in [-0.39, 0.29) is 5.91 Å². The Morgan fingerprint density at radius 2 is 1.94 bits per heavy atom. The molecular weight excluding hydrogens is 216 g/mol. The number of nitrogens with two attached hydrogens (primary N) is 1. The molecule has 0 saturated heterocycles. The standard InChI is InChI=1S/C13H20N2O2/c1-10(2)11-4-6-12(7-5-11)17-9-8-13(16)15(3)14/h4-7,10H,8-9,14H2,1-3H3. The Kier molecular flexibility index (Phi) is 4.97. The van der Waals surface area contributed by atoms with Crippen LogP contribution in [0.1, 0.15) is 31.7 Å². The quantitative estimate of drug-likeness (QED) is 0.482. The van der Waals surface area contributed by atoms with Crippen LogP contribution in [0.25, 0.3) is 0 Å². The van der Waals surface area contributed by atoms with Crippen LogP contribution in [0.15, 0.2) is 24.3 Å². The Hall–Kier alpha value is -1.55. The zero-order valence-electron chi connectivity index (χ0n) is 10.6. The highest BCUT2D eigenvalue weighted by Gasteiger charge is 2.04. The van der Waals surface area contributed by atoms with Crippen LogP contribution in [-0.2, 0) is 4.79 Å². The largest absolute Gasteiger partial charge is 0.493 e. The van der Waals surface area contributed by atoms with Gasteiger partial charge < -0.3 is 4.74 Å². The number of hydrogen-bond donors (Lipinski definition) is 1. The Bertz CT molecular complexity index is 358. The smallest absolute Gasteiger partial charge is 0.239 e. The van der Waals surface area contributed by atoms with Crippen LogP contribution in [0, 0.1) is 0 Å². The first-order chi connectivity index (χ1) is 8.00. The third kappa shape index (κ3) is 4.44. The predicted octanol–water partition coefficient (Wildman–Crippen LogP) is 1.91. The van der Waals surface area contributed by atoms with Gasteiger partial charge in [0.25, 0.3) is 0 Å². The number of nitrogens with zero attached hydrogens (tertiary/aromatic N) is 1. The fourth-order valence-corrected chi connectivity index (χ4v) is 1.38. The molecule has 0 aliphatic rings. The van der Waals surface area contributed by atoms with E-state index < -0.39 is 0 Å². The van der Waals surface area contributed by atoms with E-state index in [0.717, 1.165) is 10.8 Å². The summed E-state index contributed by atoms with van der Waals surface area (Å²) < 4.78 is 5.46. The number of amides is 1. The first kappa shape index (κ1) is 13.5. The highest BCUT2D eigenvalue weighted by molar-refractivity contribution is 5.75. The molecule has 0 unspecified atom stereocenters. The molecule has 94 valence electrons. The molecule has 1 amide bonds. The van der Waals surface area contributed by atoms with E-state index in [1.807, 2.05) is 24.3 Å². The van der Waals surface area contributed by atoms with Crippen molar-refractivity contribution in [2.45, 2.75) is 26.2 Å². The molecule has 0 bridgehead atoms. The van der Waals surface area contributed by atoms with Gasteiger partial charge in [0, 0.05) is 7.05 Å². The van der Waals surface area contributed by atoms with Crippen LogP contribution >= 0.6 is 0 Å². The highest BCUT2D eigenvalue weighted by atomic mass is 16.5. The Balaban J connectivity index is 2.40. The first-order valence-corrected chi connectivity index (χ1v) is 5.74. The van der Waals surface area contributed by atoms with Crippen molar-refractivity contribution in [1.29, 1.82) is 0 Å². The van der Waals surface area contributed by atoms with Gasteiger partial charge in [0.15, 0.2) is 0 Å². The van der Waals surface area contributed by atoms with Crippen LogP contribution in [0.4, 0.5) is 0 Å². The first-order valence-electron chi connectivity index (χ1n) is 5.74. The topological polar surface area (TPSA) is 55.6 Å². The van der Waals surface area contributed by atoms with Gasteiger partial charge in [-0.05, 0) is 23.6 Å². The van der Waals surface area contributed by atoms with Gasteiger partial charge in [-0.1, -0.05) is 26.0 Å². The number of rotatable bonds is 5. The molecule has 1 aromatic rings. The maximum absolute atomic E-state index is 11.2. The van der Waals surface area contributed by atoms with Gasteiger partial charge >= 0.3 is 0 Å². The number of hydrogen-bond acceptors (Lipinski definition) is 3. The lowest BCUT2D eigenvalue weighted by Gasteiger charge is -2.11. The van der Waals surface area contributed by atoms with Crippen LogP contribution in [0.2, 0.25) is 0 Å². The molecule has 1 rings (SSSR count). The van der Waals surface area contributed by atoms with Gasteiger partial charge in [-0.25, -0.2) is 5.84 Å². The van der Waals surface area contributed by atoms with Gasteiger partial charge in [-0.3, -0.25) is 9.80 Å². The minimum absolute atomic E-state index is 0.135. The maximum atomic E-state index is 11.2. The van der Waals surface area contributed by atoms with Crippen molar-refractivity contribution in [3.8, 4) is 5.75 Å². The van der Waals surface area contributed by atoms with E-state index in [0.29, 0.717) is 18.9 Å². The van der Waals surface area contributed by atoms with E-state index >= 15 is 0 Å². The molecule has 4 nitrogen and oxygen atoms in total. The molecule has 2 N–H and O–H groups in total. The number of benzene rings is 1. The fraction of sp³-hybridized carbons (Fsp3) is 0.462. The third-order valence-corrected chi connectivity index (χ3v) is 2.52. The maximum Gasteiger partial charge on any atom is 0.239 e. The molecule has 0 fully saturated rings. The zero-order chi connectivity index (χ0) is 12.8. The van der Waals surface area contributed by atoms with E-state index in [2.05, 4.69) is 13.8 Å². The lowest BCUT2D eigenvalue weighted by atomic mass is 10.0. The van der Waals surface area contributed by atoms with Crippen molar-refractivity contribution in [2.75, 3.05) is 13.7 Å². The van der Waals surface area contributed by atoms with Gasteiger partial charge in [0.1, 0.15) is 5.75 Å². The number of ether oxygens (including phenoxy) is 1. The van der Waals surface area contributed by atoms with Crippen molar-refractivity contribution in [3.05, 3.63) is 29.8 Å². The molecule has 0 aromatic heterocycles. The molecule has 17 heavy (non-hydrogen) atoms. The summed E-state index contributed by atoms with van der Waals surface area (Å²) >= 11 is 0. The Morgan fingerprint density at radius 3 is 2.41 bits per heavy atom. The summed E-state index contributed by atoms with van der Waals surface area (Å²) in [6.07, 6.45) is 0.291. The van der Waals surface area contributed by atoms with Crippen LogP contribution in [0.3, 0.4) is 0 Å². The summed E-state index contributed by atoms with van der Waals surface area (Å²) in [4.78, 5) is 11.2. The van der Waals surface area contributed by atoms with Crippen LogP contribution in [-0.4, -0.2) is 24.6 Å². The summed E-state index contributed by atoms with van der Waals surface area (Å²) in [6, 6.07) is 7.92. The van der Waals surface area contributed by atoms with Crippen LogP contribution in [0.5, 0.6) is 5.75 Å². The van der Waals surface area contributed by atoms with Crippen molar-refractivity contribution in [1.82, 2.24) is 5.01 Å². The monoisotopic (exact) mass is 236 g/mol. The second kappa shape index (κ2) is 6.25. The lowest BCUT2D eigenvalue weighted by molar-refractivity contribution is -0.130.